The van der Waals surface area contributed by atoms with Gasteiger partial charge in [0.15, 0.2) is 11.5 Å². The van der Waals surface area contributed by atoms with E-state index in [-0.39, 0.29) is 5.92 Å². The third kappa shape index (κ3) is 3.36. The van der Waals surface area contributed by atoms with Crippen LogP contribution in [0.3, 0.4) is 0 Å². The van der Waals surface area contributed by atoms with Gasteiger partial charge in [-0.15, -0.1) is 0 Å². The summed E-state index contributed by atoms with van der Waals surface area (Å²) in [6.45, 7) is 1.90. The Morgan fingerprint density at radius 2 is 1.69 bits per heavy atom. The number of nitrogens with zero attached hydrogens (tertiary/aromatic N) is 3. The summed E-state index contributed by atoms with van der Waals surface area (Å²) in [4.78, 5) is 2.97. The highest BCUT2D eigenvalue weighted by Gasteiger charge is 2.24. The van der Waals surface area contributed by atoms with E-state index >= 15 is 0 Å². The van der Waals surface area contributed by atoms with Crippen LogP contribution in [-0.4, -0.2) is 14.2 Å². The predicted molar refractivity (Wildman–Crippen MR) is 99.2 cm³/mol. The van der Waals surface area contributed by atoms with Crippen molar-refractivity contribution in [1.82, 2.24) is 0 Å². The van der Waals surface area contributed by atoms with Gasteiger partial charge in [-0.25, -0.2) is 0 Å². The third-order valence-electron chi connectivity index (χ3n) is 4.17. The fourth-order valence-electron chi connectivity index (χ4n) is 3.00. The number of ether oxygens (including phenoxy) is 2. The molecule has 1 heterocycles. The maximum absolute atomic E-state index is 9.02. The second-order valence-electron chi connectivity index (χ2n) is 5.75. The Kier molecular flexibility index (Phi) is 5.15. The van der Waals surface area contributed by atoms with Crippen molar-refractivity contribution in [3.05, 3.63) is 87.7 Å². The molecule has 1 unspecified atom stereocenters. The van der Waals surface area contributed by atoms with Gasteiger partial charge in [-0.05, 0) is 47.8 Å². The molecule has 132 valence electrons. The van der Waals surface area contributed by atoms with Gasteiger partial charge in [0.25, 0.3) is 0 Å². The van der Waals surface area contributed by atoms with Gasteiger partial charge in [0.1, 0.15) is 11.5 Å². The largest absolute Gasteiger partial charge is 0.493 e. The lowest BCUT2D eigenvalue weighted by Crippen LogP contribution is -2.04. The van der Waals surface area contributed by atoms with Gasteiger partial charge in [0.2, 0.25) is 0 Å². The monoisotopic (exact) mass is 349 g/mol. The maximum Gasteiger partial charge on any atom is 0.161 e. The van der Waals surface area contributed by atoms with Gasteiger partial charge in [0.05, 0.1) is 20.1 Å². The fraction of sp³-hybridized carbons (Fsp3) is 0.200. The van der Waals surface area contributed by atoms with Crippen LogP contribution in [-0.2, 0) is 0 Å². The molecule has 3 aromatic rings. The summed E-state index contributed by atoms with van der Waals surface area (Å²) >= 11 is 0. The average Bonchev–Trinajstić information content (AvgIpc) is 3.09. The lowest BCUT2D eigenvalue weighted by Gasteiger charge is -2.20. The van der Waals surface area contributed by atoms with Crippen LogP contribution in [0.2, 0.25) is 0 Å². The molecule has 0 aliphatic heterocycles. The molecule has 0 N–H and O–H groups in total. The van der Waals surface area contributed by atoms with Crippen molar-refractivity contribution >= 4 is 5.69 Å². The maximum atomic E-state index is 9.02. The Morgan fingerprint density at radius 1 is 1.00 bits per heavy atom. The van der Waals surface area contributed by atoms with Crippen LogP contribution in [0.25, 0.3) is 10.4 Å². The molecule has 0 bridgehead atoms. The summed E-state index contributed by atoms with van der Waals surface area (Å²) in [7, 11) is 3.12. The lowest BCUT2D eigenvalue weighted by molar-refractivity contribution is 0.354. The first-order valence-electron chi connectivity index (χ1n) is 8.10. The highest BCUT2D eigenvalue weighted by Crippen LogP contribution is 2.43. The van der Waals surface area contributed by atoms with E-state index in [1.165, 1.54) is 0 Å². The van der Waals surface area contributed by atoms with Crippen LogP contribution in [0.5, 0.6) is 11.5 Å². The summed E-state index contributed by atoms with van der Waals surface area (Å²) in [5.74, 6) is 2.39. The van der Waals surface area contributed by atoms with Crippen LogP contribution in [0, 0.1) is 6.92 Å². The number of benzene rings is 2. The predicted octanol–water partition coefficient (Wildman–Crippen LogP) is 5.73. The molecule has 1 atom stereocenters. The first kappa shape index (κ1) is 17.5. The van der Waals surface area contributed by atoms with Crippen molar-refractivity contribution < 1.29 is 13.9 Å². The first-order valence-corrected chi connectivity index (χ1v) is 8.10. The molecular formula is C20H19N3O3. The van der Waals surface area contributed by atoms with E-state index in [1.54, 1.807) is 20.3 Å². The molecule has 3 rings (SSSR count). The van der Waals surface area contributed by atoms with Crippen molar-refractivity contribution in [2.24, 2.45) is 5.11 Å². The van der Waals surface area contributed by atoms with Crippen LogP contribution < -0.4 is 9.47 Å². The molecule has 0 spiro atoms. The van der Waals surface area contributed by atoms with E-state index in [4.69, 9.17) is 19.4 Å². The minimum Gasteiger partial charge on any atom is -0.493 e. The van der Waals surface area contributed by atoms with Crippen LogP contribution >= 0.6 is 0 Å². The molecule has 0 amide bonds. The topological polar surface area (TPSA) is 80.4 Å². The van der Waals surface area contributed by atoms with Crippen molar-refractivity contribution in [1.29, 1.82) is 0 Å². The van der Waals surface area contributed by atoms with Crippen molar-refractivity contribution in [2.75, 3.05) is 14.2 Å². The fourth-order valence-corrected chi connectivity index (χ4v) is 3.00. The zero-order valence-electron chi connectivity index (χ0n) is 14.8. The first-order chi connectivity index (χ1) is 12.7. The second kappa shape index (κ2) is 7.68. The zero-order valence-corrected chi connectivity index (χ0v) is 14.8. The standard InChI is InChI=1S/C20H19N3O3/c1-13-9-10-17(26-13)20(14-7-5-4-6-8-14)15-11-18(24-2)19(25-3)12-16(15)22-23-21/h4-12,20H,1-3H3. The molecule has 0 aliphatic carbocycles. The van der Waals surface area contributed by atoms with E-state index in [0.29, 0.717) is 17.2 Å². The van der Waals surface area contributed by atoms with Gasteiger partial charge in [-0.2, -0.15) is 0 Å². The van der Waals surface area contributed by atoms with E-state index < -0.39 is 0 Å². The number of rotatable bonds is 6. The van der Waals surface area contributed by atoms with Gasteiger partial charge in [-0.1, -0.05) is 35.4 Å². The van der Waals surface area contributed by atoms with Crippen molar-refractivity contribution in [3.63, 3.8) is 0 Å². The quantitative estimate of drug-likeness (QED) is 0.324. The van der Waals surface area contributed by atoms with E-state index in [2.05, 4.69) is 10.0 Å². The van der Waals surface area contributed by atoms with Crippen LogP contribution in [0.1, 0.15) is 28.6 Å². The Morgan fingerprint density at radius 3 is 2.27 bits per heavy atom. The molecular weight excluding hydrogens is 330 g/mol. The smallest absolute Gasteiger partial charge is 0.161 e. The minimum atomic E-state index is -0.245. The summed E-state index contributed by atoms with van der Waals surface area (Å²) in [6, 6.07) is 17.3. The van der Waals surface area contributed by atoms with E-state index in [1.807, 2.05) is 55.5 Å². The Hall–Kier alpha value is -3.37. The molecule has 6 nitrogen and oxygen atoms in total. The SMILES string of the molecule is COc1cc(N=[N+]=[N-])c(C(c2ccccc2)c2ccc(C)o2)cc1OC. The molecule has 2 aromatic carbocycles. The van der Waals surface area contributed by atoms with Gasteiger partial charge < -0.3 is 13.9 Å². The van der Waals surface area contributed by atoms with Crippen LogP contribution in [0.15, 0.2) is 64.1 Å². The summed E-state index contributed by atoms with van der Waals surface area (Å²) < 4.78 is 16.7. The highest BCUT2D eigenvalue weighted by molar-refractivity contribution is 5.62. The van der Waals surface area contributed by atoms with Gasteiger partial charge in [0, 0.05) is 10.6 Å². The Balaban J connectivity index is 2.28. The molecule has 1 aromatic heterocycles. The summed E-state index contributed by atoms with van der Waals surface area (Å²) in [6.07, 6.45) is 0. The summed E-state index contributed by atoms with van der Waals surface area (Å²) in [5.41, 5.74) is 11.3. The van der Waals surface area contributed by atoms with Gasteiger partial charge >= 0.3 is 0 Å². The molecule has 0 saturated carbocycles. The molecule has 0 saturated heterocycles. The van der Waals surface area contributed by atoms with Crippen LogP contribution in [0.4, 0.5) is 5.69 Å². The number of aryl methyl sites for hydroxylation is 1. The molecule has 26 heavy (non-hydrogen) atoms. The average molecular weight is 349 g/mol. The second-order valence-corrected chi connectivity index (χ2v) is 5.75. The van der Waals surface area contributed by atoms with Crippen molar-refractivity contribution in [3.8, 4) is 11.5 Å². The number of methoxy groups -OCH3 is 2. The molecule has 6 heteroatoms. The molecule has 0 fully saturated rings. The number of azide groups is 1. The molecule has 0 radical (unpaired) electrons. The molecule has 0 aliphatic rings. The highest BCUT2D eigenvalue weighted by atomic mass is 16.5. The van der Waals surface area contributed by atoms with Crippen molar-refractivity contribution in [2.45, 2.75) is 12.8 Å². The Bertz CT molecular complexity index is 944. The number of hydrogen-bond acceptors (Lipinski definition) is 4. The summed E-state index contributed by atoms with van der Waals surface area (Å²) in [5, 5.41) is 3.87. The normalized spacial score (nSPS) is 11.5. The number of hydrogen-bond donors (Lipinski definition) is 0. The van der Waals surface area contributed by atoms with E-state index in [0.717, 1.165) is 22.6 Å². The minimum absolute atomic E-state index is 0.245. The Labute approximate surface area is 151 Å². The van der Waals surface area contributed by atoms with Gasteiger partial charge in [-0.3, -0.25) is 0 Å². The number of furan rings is 1. The zero-order chi connectivity index (χ0) is 18.5. The van der Waals surface area contributed by atoms with E-state index in [9.17, 15) is 0 Å². The lowest BCUT2D eigenvalue weighted by atomic mass is 9.88. The third-order valence-corrected chi connectivity index (χ3v) is 4.17.